The molecule has 134 valence electrons. The molecule has 3 rings (SSSR count). The van der Waals surface area contributed by atoms with E-state index in [0.717, 1.165) is 18.4 Å². The molecule has 0 spiro atoms. The molecule has 0 saturated heterocycles. The van der Waals surface area contributed by atoms with Gasteiger partial charge in [0, 0.05) is 13.1 Å². The van der Waals surface area contributed by atoms with Crippen molar-refractivity contribution < 1.29 is 9.53 Å². The lowest BCUT2D eigenvalue weighted by atomic mass is 10.2. The quantitative estimate of drug-likeness (QED) is 0.746. The van der Waals surface area contributed by atoms with Crippen molar-refractivity contribution in [3.05, 3.63) is 34.6 Å². The van der Waals surface area contributed by atoms with Gasteiger partial charge in [-0.3, -0.25) is 4.79 Å². The van der Waals surface area contributed by atoms with Crippen molar-refractivity contribution in [3.8, 4) is 5.75 Å². The molecular formula is C17H21ClN4O2S. The van der Waals surface area contributed by atoms with Crippen LogP contribution >= 0.6 is 23.4 Å². The lowest BCUT2D eigenvalue weighted by Gasteiger charge is -2.15. The van der Waals surface area contributed by atoms with Crippen molar-refractivity contribution in [2.24, 2.45) is 7.05 Å². The molecule has 1 saturated carbocycles. The molecule has 1 fully saturated rings. The van der Waals surface area contributed by atoms with Crippen LogP contribution < -0.4 is 10.1 Å². The second kappa shape index (κ2) is 7.66. The second-order valence-electron chi connectivity index (χ2n) is 6.22. The van der Waals surface area contributed by atoms with E-state index >= 15 is 0 Å². The Balaban J connectivity index is 1.63. The number of hydrogen-bond donors (Lipinski definition) is 1. The first-order valence-electron chi connectivity index (χ1n) is 8.18. The Morgan fingerprint density at radius 3 is 2.96 bits per heavy atom. The summed E-state index contributed by atoms with van der Waals surface area (Å²) in [5.41, 5.74) is 1.07. The number of benzene rings is 1. The molecule has 1 aliphatic rings. The molecule has 1 aromatic carbocycles. The number of aromatic nitrogens is 3. The number of hydrogen-bond acceptors (Lipinski definition) is 5. The van der Waals surface area contributed by atoms with Crippen LogP contribution in [0.15, 0.2) is 23.4 Å². The topological polar surface area (TPSA) is 69.0 Å². The van der Waals surface area contributed by atoms with Crippen LogP contribution in [0.25, 0.3) is 0 Å². The van der Waals surface area contributed by atoms with E-state index in [1.807, 2.05) is 43.7 Å². The van der Waals surface area contributed by atoms with E-state index in [-0.39, 0.29) is 12.0 Å². The van der Waals surface area contributed by atoms with Gasteiger partial charge in [-0.15, -0.1) is 10.2 Å². The van der Waals surface area contributed by atoms with Gasteiger partial charge in [0.25, 0.3) is 0 Å². The Bertz CT molecular complexity index is 776. The third-order valence-electron chi connectivity index (χ3n) is 3.90. The van der Waals surface area contributed by atoms with E-state index in [0.29, 0.717) is 33.5 Å². The molecule has 0 aliphatic heterocycles. The number of carbonyl (C=O) groups excluding carboxylic acids is 1. The summed E-state index contributed by atoms with van der Waals surface area (Å²) in [4.78, 5) is 11.8. The van der Waals surface area contributed by atoms with Gasteiger partial charge in [0.2, 0.25) is 5.91 Å². The molecule has 1 N–H and O–H groups in total. The number of aryl methyl sites for hydroxylation is 1. The molecule has 0 radical (unpaired) electrons. The Hall–Kier alpha value is -1.73. The summed E-state index contributed by atoms with van der Waals surface area (Å²) in [5, 5.41) is 12.6. The third kappa shape index (κ3) is 4.67. The van der Waals surface area contributed by atoms with Crippen LogP contribution in [-0.4, -0.2) is 32.5 Å². The van der Waals surface area contributed by atoms with Gasteiger partial charge in [0.1, 0.15) is 5.75 Å². The normalized spacial score (nSPS) is 15.0. The van der Waals surface area contributed by atoms with Gasteiger partial charge in [0.15, 0.2) is 17.1 Å². The van der Waals surface area contributed by atoms with Crippen molar-refractivity contribution >= 4 is 29.3 Å². The van der Waals surface area contributed by atoms with Gasteiger partial charge < -0.3 is 14.6 Å². The molecule has 1 atom stereocenters. The van der Waals surface area contributed by atoms with Crippen molar-refractivity contribution in [2.45, 2.75) is 44.0 Å². The minimum absolute atomic E-state index is 0.0351. The van der Waals surface area contributed by atoms with Crippen LogP contribution in [0.3, 0.4) is 0 Å². The molecule has 1 unspecified atom stereocenters. The van der Waals surface area contributed by atoms with E-state index < -0.39 is 0 Å². The number of nitrogens with one attached hydrogen (secondary N) is 1. The number of rotatable bonds is 7. The lowest BCUT2D eigenvalue weighted by Crippen LogP contribution is -2.27. The van der Waals surface area contributed by atoms with Gasteiger partial charge >= 0.3 is 0 Å². The highest BCUT2D eigenvalue weighted by molar-refractivity contribution is 7.99. The Kier molecular flexibility index (Phi) is 5.54. The predicted octanol–water partition coefficient (Wildman–Crippen LogP) is 3.29. The molecular weight excluding hydrogens is 360 g/mol. The first-order valence-corrected chi connectivity index (χ1v) is 9.54. The third-order valence-corrected chi connectivity index (χ3v) is 5.23. The summed E-state index contributed by atoms with van der Waals surface area (Å²) >= 11 is 7.56. The summed E-state index contributed by atoms with van der Waals surface area (Å²) in [6.07, 6.45) is 1.85. The van der Waals surface area contributed by atoms with E-state index in [9.17, 15) is 4.79 Å². The average Bonchev–Trinajstić information content (AvgIpc) is 3.30. The number of thioether (sulfide) groups is 1. The number of carbonyl (C=O) groups is 1. The zero-order chi connectivity index (χ0) is 18.0. The molecule has 25 heavy (non-hydrogen) atoms. The summed E-state index contributed by atoms with van der Waals surface area (Å²) in [7, 11) is 1.87. The summed E-state index contributed by atoms with van der Waals surface area (Å²) in [6.45, 7) is 3.88. The van der Waals surface area contributed by atoms with E-state index in [1.54, 1.807) is 0 Å². The molecule has 1 aliphatic carbocycles. The van der Waals surface area contributed by atoms with Crippen LogP contribution in [0.2, 0.25) is 5.02 Å². The van der Waals surface area contributed by atoms with Crippen molar-refractivity contribution in [3.63, 3.8) is 0 Å². The van der Waals surface area contributed by atoms with Gasteiger partial charge in [-0.2, -0.15) is 0 Å². The SMILES string of the molecule is Cc1ccc(Cl)c(OC(C)c2nnc(SCC(=O)NC3CC3)n2C)c1. The summed E-state index contributed by atoms with van der Waals surface area (Å²) < 4.78 is 7.80. The second-order valence-corrected chi connectivity index (χ2v) is 7.57. The first-order chi connectivity index (χ1) is 11.9. The van der Waals surface area contributed by atoms with E-state index in [1.165, 1.54) is 11.8 Å². The van der Waals surface area contributed by atoms with E-state index in [4.69, 9.17) is 16.3 Å². The van der Waals surface area contributed by atoms with Crippen LogP contribution in [0.1, 0.15) is 37.3 Å². The Morgan fingerprint density at radius 2 is 2.24 bits per heavy atom. The fraction of sp³-hybridized carbons (Fsp3) is 0.471. The molecule has 6 nitrogen and oxygen atoms in total. The van der Waals surface area contributed by atoms with Gasteiger partial charge in [-0.05, 0) is 44.4 Å². The van der Waals surface area contributed by atoms with Crippen molar-refractivity contribution in [1.82, 2.24) is 20.1 Å². The van der Waals surface area contributed by atoms with Crippen molar-refractivity contribution in [2.75, 3.05) is 5.75 Å². The highest BCUT2D eigenvalue weighted by atomic mass is 35.5. The Morgan fingerprint density at radius 1 is 1.48 bits per heavy atom. The minimum atomic E-state index is -0.313. The largest absolute Gasteiger partial charge is 0.481 e. The van der Waals surface area contributed by atoms with Gasteiger partial charge in [0.05, 0.1) is 10.8 Å². The number of amides is 1. The number of nitrogens with zero attached hydrogens (tertiary/aromatic N) is 3. The molecule has 1 aromatic heterocycles. The highest BCUT2D eigenvalue weighted by Gasteiger charge is 2.24. The fourth-order valence-corrected chi connectivity index (χ4v) is 3.27. The maximum absolute atomic E-state index is 11.8. The first kappa shape index (κ1) is 18.1. The van der Waals surface area contributed by atoms with Crippen LogP contribution in [-0.2, 0) is 11.8 Å². The predicted molar refractivity (Wildman–Crippen MR) is 98.1 cm³/mol. The molecule has 1 heterocycles. The lowest BCUT2D eigenvalue weighted by molar-refractivity contribution is -0.118. The average molecular weight is 381 g/mol. The monoisotopic (exact) mass is 380 g/mol. The van der Waals surface area contributed by atoms with E-state index in [2.05, 4.69) is 15.5 Å². The minimum Gasteiger partial charge on any atom is -0.481 e. The zero-order valence-corrected chi connectivity index (χ0v) is 16.0. The number of halogens is 1. The highest BCUT2D eigenvalue weighted by Crippen LogP contribution is 2.30. The smallest absolute Gasteiger partial charge is 0.230 e. The van der Waals surface area contributed by atoms with Crippen LogP contribution in [0.5, 0.6) is 5.75 Å². The van der Waals surface area contributed by atoms with Crippen LogP contribution in [0, 0.1) is 6.92 Å². The van der Waals surface area contributed by atoms with Gasteiger partial charge in [-0.25, -0.2) is 0 Å². The molecule has 8 heteroatoms. The summed E-state index contributed by atoms with van der Waals surface area (Å²) in [6, 6.07) is 6.02. The number of ether oxygens (including phenoxy) is 1. The molecule has 0 bridgehead atoms. The standard InChI is InChI=1S/C17H21ClN4O2S/c1-10-4-7-13(18)14(8-10)24-11(2)16-20-21-17(22(16)3)25-9-15(23)19-12-5-6-12/h4,7-8,11-12H,5-6,9H2,1-3H3,(H,19,23). The maximum Gasteiger partial charge on any atom is 0.230 e. The van der Waals surface area contributed by atoms with Gasteiger partial charge in [-0.1, -0.05) is 29.4 Å². The molecule has 2 aromatic rings. The van der Waals surface area contributed by atoms with Crippen molar-refractivity contribution in [1.29, 1.82) is 0 Å². The maximum atomic E-state index is 11.8. The summed E-state index contributed by atoms with van der Waals surface area (Å²) in [5.74, 6) is 1.67. The zero-order valence-electron chi connectivity index (χ0n) is 14.5. The molecule has 1 amide bonds. The van der Waals surface area contributed by atoms with Crippen LogP contribution in [0.4, 0.5) is 0 Å². The fourth-order valence-electron chi connectivity index (χ4n) is 2.38. The Labute approximate surface area is 156 Å².